The Balaban J connectivity index is 2.05. The van der Waals surface area contributed by atoms with E-state index in [9.17, 15) is 4.79 Å². The number of hydrogen-bond donors (Lipinski definition) is 2. The summed E-state index contributed by atoms with van der Waals surface area (Å²) >= 11 is 0. The van der Waals surface area contributed by atoms with Gasteiger partial charge >= 0.3 is 5.97 Å². The summed E-state index contributed by atoms with van der Waals surface area (Å²) in [5, 5.41) is 20.8. The van der Waals surface area contributed by atoms with Gasteiger partial charge in [0.15, 0.2) is 0 Å². The number of nitrogens with zero attached hydrogens (tertiary/aromatic N) is 2. The Kier molecular flexibility index (Phi) is 3.96. The number of benzene rings is 1. The fourth-order valence-corrected chi connectivity index (χ4v) is 1.78. The molecule has 100 valence electrons. The van der Waals surface area contributed by atoms with Gasteiger partial charge in [-0.2, -0.15) is 5.26 Å². The van der Waals surface area contributed by atoms with Gasteiger partial charge in [0.2, 0.25) is 0 Å². The van der Waals surface area contributed by atoms with Crippen molar-refractivity contribution in [2.75, 3.05) is 5.32 Å². The number of anilines is 1. The first kappa shape index (κ1) is 13.6. The predicted molar refractivity (Wildman–Crippen MR) is 74.4 cm³/mol. The molecule has 1 heterocycles. The Bertz CT molecular complexity index is 673. The van der Waals surface area contributed by atoms with Crippen molar-refractivity contribution >= 4 is 11.8 Å². The molecule has 0 saturated heterocycles. The second-order valence-electron chi connectivity index (χ2n) is 4.30. The van der Waals surface area contributed by atoms with E-state index in [2.05, 4.69) is 16.4 Å². The highest BCUT2D eigenvalue weighted by Gasteiger charge is 2.08. The maximum absolute atomic E-state index is 10.9. The zero-order chi connectivity index (χ0) is 14.5. The van der Waals surface area contributed by atoms with Gasteiger partial charge in [-0.1, -0.05) is 12.1 Å². The lowest BCUT2D eigenvalue weighted by Crippen LogP contribution is -2.06. The lowest BCUT2D eigenvalue weighted by Gasteiger charge is -2.08. The van der Waals surface area contributed by atoms with Crippen molar-refractivity contribution in [3.05, 3.63) is 58.8 Å². The highest BCUT2D eigenvalue weighted by atomic mass is 16.4. The van der Waals surface area contributed by atoms with E-state index in [1.807, 2.05) is 12.1 Å². The molecule has 2 rings (SSSR count). The Labute approximate surface area is 116 Å². The number of rotatable bonds is 4. The standard InChI is InChI=1S/C15H13N3O2/c1-10-13(15(19)20)6-7-14(18-10)17-9-12-4-2-11(8-16)3-5-12/h2-7H,9H2,1H3,(H,17,18)(H,19,20). The van der Waals surface area contributed by atoms with Gasteiger partial charge in [-0.05, 0) is 36.8 Å². The smallest absolute Gasteiger partial charge is 0.337 e. The average molecular weight is 267 g/mol. The summed E-state index contributed by atoms with van der Waals surface area (Å²) in [5.41, 5.74) is 2.32. The lowest BCUT2D eigenvalue weighted by atomic mass is 10.1. The quantitative estimate of drug-likeness (QED) is 0.889. The molecule has 0 saturated carbocycles. The van der Waals surface area contributed by atoms with Crippen molar-refractivity contribution < 1.29 is 9.90 Å². The normalized spacial score (nSPS) is 9.80. The molecule has 20 heavy (non-hydrogen) atoms. The van der Waals surface area contributed by atoms with Gasteiger partial charge in [-0.3, -0.25) is 0 Å². The van der Waals surface area contributed by atoms with E-state index < -0.39 is 5.97 Å². The topological polar surface area (TPSA) is 86.0 Å². The molecule has 0 radical (unpaired) electrons. The van der Waals surface area contributed by atoms with Crippen LogP contribution in [-0.4, -0.2) is 16.1 Å². The van der Waals surface area contributed by atoms with Crippen LogP contribution < -0.4 is 5.32 Å². The van der Waals surface area contributed by atoms with Gasteiger partial charge in [0, 0.05) is 6.54 Å². The Hall–Kier alpha value is -2.87. The summed E-state index contributed by atoms with van der Waals surface area (Å²) in [7, 11) is 0. The van der Waals surface area contributed by atoms with Crippen LogP contribution in [0.15, 0.2) is 36.4 Å². The summed E-state index contributed by atoms with van der Waals surface area (Å²) in [6.45, 7) is 2.22. The minimum atomic E-state index is -0.978. The molecule has 5 heteroatoms. The first-order valence-corrected chi connectivity index (χ1v) is 6.04. The molecule has 0 unspecified atom stereocenters. The monoisotopic (exact) mass is 267 g/mol. The first-order chi connectivity index (χ1) is 9.60. The minimum Gasteiger partial charge on any atom is -0.478 e. The number of carboxylic acid groups (broad SMARTS) is 1. The molecular formula is C15H13N3O2. The lowest BCUT2D eigenvalue weighted by molar-refractivity contribution is 0.0695. The Morgan fingerprint density at radius 2 is 2.00 bits per heavy atom. The summed E-state index contributed by atoms with van der Waals surface area (Å²) in [6.07, 6.45) is 0. The van der Waals surface area contributed by atoms with E-state index in [-0.39, 0.29) is 5.56 Å². The van der Waals surface area contributed by atoms with Gasteiger partial charge in [0.05, 0.1) is 22.9 Å². The van der Waals surface area contributed by atoms with Crippen molar-refractivity contribution in [1.29, 1.82) is 5.26 Å². The van der Waals surface area contributed by atoms with Crippen LogP contribution in [0.25, 0.3) is 0 Å². The average Bonchev–Trinajstić information content (AvgIpc) is 2.45. The summed E-state index contributed by atoms with van der Waals surface area (Å²) in [5.74, 6) is -0.356. The van der Waals surface area contributed by atoms with Crippen LogP contribution in [0, 0.1) is 18.3 Å². The second-order valence-corrected chi connectivity index (χ2v) is 4.30. The maximum Gasteiger partial charge on any atom is 0.337 e. The van der Waals surface area contributed by atoms with Gasteiger partial charge in [0.1, 0.15) is 5.82 Å². The Morgan fingerprint density at radius 1 is 1.30 bits per heavy atom. The number of nitrogens with one attached hydrogen (secondary N) is 1. The van der Waals surface area contributed by atoms with Crippen LogP contribution in [0.2, 0.25) is 0 Å². The molecule has 0 amide bonds. The molecule has 0 aliphatic carbocycles. The summed E-state index contributed by atoms with van der Waals surface area (Å²) in [6, 6.07) is 12.5. The van der Waals surface area contributed by atoms with Crippen molar-refractivity contribution in [2.24, 2.45) is 0 Å². The number of nitriles is 1. The molecule has 0 spiro atoms. The number of aromatic nitrogens is 1. The Morgan fingerprint density at radius 3 is 2.55 bits per heavy atom. The third kappa shape index (κ3) is 3.12. The van der Waals surface area contributed by atoms with E-state index in [1.165, 1.54) is 6.07 Å². The van der Waals surface area contributed by atoms with Gasteiger partial charge < -0.3 is 10.4 Å². The highest BCUT2D eigenvalue weighted by Crippen LogP contribution is 2.12. The molecule has 0 fully saturated rings. The van der Waals surface area contributed by atoms with Gasteiger partial charge in [-0.15, -0.1) is 0 Å². The van der Waals surface area contributed by atoms with Gasteiger partial charge in [-0.25, -0.2) is 9.78 Å². The van der Waals surface area contributed by atoms with Crippen LogP contribution in [0.3, 0.4) is 0 Å². The summed E-state index contributed by atoms with van der Waals surface area (Å²) < 4.78 is 0. The molecule has 1 aromatic heterocycles. The molecule has 0 aliphatic rings. The highest BCUT2D eigenvalue weighted by molar-refractivity contribution is 5.89. The third-order valence-corrected chi connectivity index (χ3v) is 2.87. The van der Waals surface area contributed by atoms with Crippen molar-refractivity contribution in [3.63, 3.8) is 0 Å². The van der Waals surface area contributed by atoms with Crippen LogP contribution in [0.5, 0.6) is 0 Å². The third-order valence-electron chi connectivity index (χ3n) is 2.87. The molecule has 0 aliphatic heterocycles. The number of aryl methyl sites for hydroxylation is 1. The van der Waals surface area contributed by atoms with Crippen LogP contribution >= 0.6 is 0 Å². The van der Waals surface area contributed by atoms with Crippen LogP contribution in [-0.2, 0) is 6.54 Å². The number of carbonyl (C=O) groups is 1. The van der Waals surface area contributed by atoms with Crippen LogP contribution in [0.1, 0.15) is 27.2 Å². The van der Waals surface area contributed by atoms with Crippen molar-refractivity contribution in [3.8, 4) is 6.07 Å². The number of carboxylic acids is 1. The summed E-state index contributed by atoms with van der Waals surface area (Å²) in [4.78, 5) is 15.1. The van der Waals surface area contributed by atoms with E-state index in [1.54, 1.807) is 25.1 Å². The minimum absolute atomic E-state index is 0.203. The van der Waals surface area contributed by atoms with Crippen molar-refractivity contribution in [1.82, 2.24) is 4.98 Å². The number of pyridine rings is 1. The van der Waals surface area contributed by atoms with Crippen molar-refractivity contribution in [2.45, 2.75) is 13.5 Å². The van der Waals surface area contributed by atoms with E-state index in [0.717, 1.165) is 5.56 Å². The fourth-order valence-electron chi connectivity index (χ4n) is 1.78. The zero-order valence-corrected chi connectivity index (χ0v) is 10.9. The SMILES string of the molecule is Cc1nc(NCc2ccc(C#N)cc2)ccc1C(=O)O. The van der Waals surface area contributed by atoms with E-state index in [4.69, 9.17) is 10.4 Å². The molecule has 1 aromatic carbocycles. The predicted octanol–water partition coefficient (Wildman–Crippen LogP) is 2.57. The molecule has 5 nitrogen and oxygen atoms in total. The first-order valence-electron chi connectivity index (χ1n) is 6.04. The second kappa shape index (κ2) is 5.85. The molecule has 2 N–H and O–H groups in total. The molecular weight excluding hydrogens is 254 g/mol. The fraction of sp³-hybridized carbons (Fsp3) is 0.133. The maximum atomic E-state index is 10.9. The zero-order valence-electron chi connectivity index (χ0n) is 10.9. The van der Waals surface area contributed by atoms with Gasteiger partial charge in [0.25, 0.3) is 0 Å². The molecule has 0 bridgehead atoms. The molecule has 0 atom stereocenters. The number of hydrogen-bond acceptors (Lipinski definition) is 4. The van der Waals surface area contributed by atoms with Crippen LogP contribution in [0.4, 0.5) is 5.82 Å². The number of aromatic carboxylic acids is 1. The largest absolute Gasteiger partial charge is 0.478 e. The van der Waals surface area contributed by atoms with E-state index >= 15 is 0 Å². The van der Waals surface area contributed by atoms with E-state index in [0.29, 0.717) is 23.6 Å². The molecule has 2 aromatic rings.